The van der Waals surface area contributed by atoms with E-state index in [0.29, 0.717) is 16.3 Å². The molecule has 4 nitrogen and oxygen atoms in total. The molecule has 1 aromatic carbocycles. The summed E-state index contributed by atoms with van der Waals surface area (Å²) in [6.45, 7) is 1.84. The smallest absolute Gasteiger partial charge is 0.265 e. The molecule has 0 saturated heterocycles. The number of halogens is 1. The van der Waals surface area contributed by atoms with Crippen LogP contribution in [0, 0.1) is 12.7 Å². The Kier molecular flexibility index (Phi) is 3.71. The van der Waals surface area contributed by atoms with Crippen molar-refractivity contribution in [3.05, 3.63) is 39.8 Å². The van der Waals surface area contributed by atoms with Gasteiger partial charge in [-0.1, -0.05) is 0 Å². The third kappa shape index (κ3) is 2.85. The third-order valence-electron chi connectivity index (χ3n) is 2.59. The van der Waals surface area contributed by atoms with E-state index in [4.69, 9.17) is 10.5 Å². The SMILES string of the molecule is COc1ccc(NC(=O)c2cc(N)c(C)s2)cc1F. The predicted octanol–water partition coefficient (Wildman–Crippen LogP) is 3.04. The number of nitrogens with one attached hydrogen (secondary N) is 1. The Morgan fingerprint density at radius 2 is 2.16 bits per heavy atom. The van der Waals surface area contributed by atoms with E-state index in [1.54, 1.807) is 12.1 Å². The number of carbonyl (C=O) groups excluding carboxylic acids is 1. The van der Waals surface area contributed by atoms with E-state index in [1.165, 1.54) is 30.6 Å². The van der Waals surface area contributed by atoms with E-state index in [2.05, 4.69) is 5.32 Å². The standard InChI is InChI=1S/C13H13FN2O2S/c1-7-10(15)6-12(19-7)13(17)16-8-3-4-11(18-2)9(14)5-8/h3-6H,15H2,1-2H3,(H,16,17). The van der Waals surface area contributed by atoms with Crippen molar-refractivity contribution in [3.8, 4) is 5.75 Å². The number of anilines is 2. The highest BCUT2D eigenvalue weighted by atomic mass is 32.1. The second kappa shape index (κ2) is 5.27. The van der Waals surface area contributed by atoms with Crippen molar-refractivity contribution >= 4 is 28.6 Å². The van der Waals surface area contributed by atoms with Crippen LogP contribution in [0.2, 0.25) is 0 Å². The number of hydrogen-bond acceptors (Lipinski definition) is 4. The molecular weight excluding hydrogens is 267 g/mol. The Balaban J connectivity index is 2.17. The summed E-state index contributed by atoms with van der Waals surface area (Å²) >= 11 is 1.30. The van der Waals surface area contributed by atoms with Crippen LogP contribution in [0.25, 0.3) is 0 Å². The van der Waals surface area contributed by atoms with Gasteiger partial charge in [-0.15, -0.1) is 11.3 Å². The van der Waals surface area contributed by atoms with Gasteiger partial charge in [0.25, 0.3) is 5.91 Å². The van der Waals surface area contributed by atoms with Gasteiger partial charge in [-0.3, -0.25) is 4.79 Å². The van der Waals surface area contributed by atoms with Gasteiger partial charge in [0.15, 0.2) is 11.6 Å². The minimum Gasteiger partial charge on any atom is -0.494 e. The fourth-order valence-corrected chi connectivity index (χ4v) is 2.38. The van der Waals surface area contributed by atoms with Crippen LogP contribution in [0.3, 0.4) is 0 Å². The zero-order chi connectivity index (χ0) is 14.0. The Labute approximate surface area is 114 Å². The largest absolute Gasteiger partial charge is 0.494 e. The Morgan fingerprint density at radius 1 is 1.42 bits per heavy atom. The lowest BCUT2D eigenvalue weighted by molar-refractivity contribution is 0.103. The molecule has 19 heavy (non-hydrogen) atoms. The van der Waals surface area contributed by atoms with E-state index in [0.717, 1.165) is 4.88 Å². The number of ether oxygens (including phenoxy) is 1. The zero-order valence-corrected chi connectivity index (χ0v) is 11.3. The monoisotopic (exact) mass is 280 g/mol. The lowest BCUT2D eigenvalue weighted by Crippen LogP contribution is -2.10. The summed E-state index contributed by atoms with van der Waals surface area (Å²) in [5.74, 6) is -0.703. The van der Waals surface area contributed by atoms with Gasteiger partial charge >= 0.3 is 0 Å². The number of rotatable bonds is 3. The number of aryl methyl sites for hydroxylation is 1. The fraction of sp³-hybridized carbons (Fsp3) is 0.154. The maximum atomic E-state index is 13.5. The van der Waals surface area contributed by atoms with Crippen LogP contribution < -0.4 is 15.8 Å². The fourth-order valence-electron chi connectivity index (χ4n) is 1.54. The third-order valence-corrected chi connectivity index (χ3v) is 3.65. The molecule has 2 aromatic rings. The molecular formula is C13H13FN2O2S. The topological polar surface area (TPSA) is 64.3 Å². The summed E-state index contributed by atoms with van der Waals surface area (Å²) in [6, 6.07) is 5.85. The lowest BCUT2D eigenvalue weighted by atomic mass is 10.2. The van der Waals surface area contributed by atoms with Crippen LogP contribution in [0.4, 0.5) is 15.8 Å². The first-order valence-electron chi connectivity index (χ1n) is 5.52. The summed E-state index contributed by atoms with van der Waals surface area (Å²) in [6.07, 6.45) is 0. The first kappa shape index (κ1) is 13.4. The van der Waals surface area contributed by atoms with Crippen LogP contribution in [-0.2, 0) is 0 Å². The highest BCUT2D eigenvalue weighted by Crippen LogP contribution is 2.25. The quantitative estimate of drug-likeness (QED) is 0.908. The summed E-state index contributed by atoms with van der Waals surface area (Å²) in [4.78, 5) is 13.3. The molecule has 0 aliphatic heterocycles. The summed E-state index contributed by atoms with van der Waals surface area (Å²) in [7, 11) is 1.38. The van der Waals surface area contributed by atoms with Crippen molar-refractivity contribution in [2.45, 2.75) is 6.92 Å². The second-order valence-corrected chi connectivity index (χ2v) is 5.18. The van der Waals surface area contributed by atoms with Crippen LogP contribution in [-0.4, -0.2) is 13.0 Å². The van der Waals surface area contributed by atoms with Crippen LogP contribution >= 0.6 is 11.3 Å². The second-order valence-electron chi connectivity index (χ2n) is 3.93. The number of nitrogens with two attached hydrogens (primary N) is 1. The minimum atomic E-state index is -0.526. The Bertz CT molecular complexity index is 606. The summed E-state index contributed by atoms with van der Waals surface area (Å²) in [5.41, 5.74) is 6.64. The van der Waals surface area contributed by atoms with Gasteiger partial charge in [0.05, 0.1) is 12.0 Å². The molecule has 1 amide bonds. The molecule has 1 heterocycles. The molecule has 100 valence electrons. The van der Waals surface area contributed by atoms with Crippen molar-refractivity contribution < 1.29 is 13.9 Å². The minimum absolute atomic E-state index is 0.134. The molecule has 1 aromatic heterocycles. The predicted molar refractivity (Wildman–Crippen MR) is 74.4 cm³/mol. The van der Waals surface area contributed by atoms with Crippen LogP contribution in [0.15, 0.2) is 24.3 Å². The number of methoxy groups -OCH3 is 1. The molecule has 0 bridgehead atoms. The van der Waals surface area contributed by atoms with E-state index in [1.807, 2.05) is 6.92 Å². The van der Waals surface area contributed by atoms with Gasteiger partial charge in [-0.05, 0) is 25.1 Å². The van der Waals surface area contributed by atoms with E-state index in [9.17, 15) is 9.18 Å². The molecule has 0 atom stereocenters. The highest BCUT2D eigenvalue weighted by molar-refractivity contribution is 7.14. The molecule has 6 heteroatoms. The zero-order valence-electron chi connectivity index (χ0n) is 10.5. The van der Waals surface area contributed by atoms with E-state index >= 15 is 0 Å². The number of benzene rings is 1. The Morgan fingerprint density at radius 3 is 2.68 bits per heavy atom. The summed E-state index contributed by atoms with van der Waals surface area (Å²) in [5, 5.41) is 2.61. The average Bonchev–Trinajstić information content (AvgIpc) is 2.70. The molecule has 0 unspecified atom stereocenters. The number of thiophene rings is 1. The number of amides is 1. The van der Waals surface area contributed by atoms with Gasteiger partial charge in [0, 0.05) is 22.3 Å². The molecule has 0 fully saturated rings. The number of carbonyl (C=O) groups is 1. The normalized spacial score (nSPS) is 10.3. The first-order valence-corrected chi connectivity index (χ1v) is 6.33. The van der Waals surface area contributed by atoms with Crippen LogP contribution in [0.1, 0.15) is 14.5 Å². The first-order chi connectivity index (χ1) is 9.01. The molecule has 2 rings (SSSR count). The van der Waals surface area contributed by atoms with Crippen molar-refractivity contribution in [1.29, 1.82) is 0 Å². The van der Waals surface area contributed by atoms with Crippen molar-refractivity contribution in [1.82, 2.24) is 0 Å². The molecule has 0 aliphatic rings. The van der Waals surface area contributed by atoms with E-state index in [-0.39, 0.29) is 11.7 Å². The highest BCUT2D eigenvalue weighted by Gasteiger charge is 2.12. The average molecular weight is 280 g/mol. The van der Waals surface area contributed by atoms with Gasteiger partial charge in [0.2, 0.25) is 0 Å². The van der Waals surface area contributed by atoms with Gasteiger partial charge < -0.3 is 15.8 Å². The van der Waals surface area contributed by atoms with Gasteiger partial charge in [-0.25, -0.2) is 4.39 Å². The molecule has 0 radical (unpaired) electrons. The maximum Gasteiger partial charge on any atom is 0.265 e. The number of nitrogen functional groups attached to an aromatic ring is 1. The van der Waals surface area contributed by atoms with Crippen molar-refractivity contribution in [2.75, 3.05) is 18.2 Å². The summed E-state index contributed by atoms with van der Waals surface area (Å²) < 4.78 is 18.3. The number of hydrogen-bond donors (Lipinski definition) is 2. The Hall–Kier alpha value is -2.08. The van der Waals surface area contributed by atoms with Gasteiger partial charge in [-0.2, -0.15) is 0 Å². The van der Waals surface area contributed by atoms with Crippen LogP contribution in [0.5, 0.6) is 5.75 Å². The molecule has 0 saturated carbocycles. The van der Waals surface area contributed by atoms with E-state index < -0.39 is 5.82 Å². The molecule has 0 spiro atoms. The van der Waals surface area contributed by atoms with Gasteiger partial charge in [0.1, 0.15) is 0 Å². The molecule has 0 aliphatic carbocycles. The van der Waals surface area contributed by atoms with Crippen molar-refractivity contribution in [2.24, 2.45) is 0 Å². The molecule has 3 N–H and O–H groups in total. The van der Waals surface area contributed by atoms with Crippen molar-refractivity contribution in [3.63, 3.8) is 0 Å². The lowest BCUT2D eigenvalue weighted by Gasteiger charge is -2.06. The maximum absolute atomic E-state index is 13.5.